The maximum absolute atomic E-state index is 3.69. The van der Waals surface area contributed by atoms with Gasteiger partial charge in [0.15, 0.2) is 0 Å². The van der Waals surface area contributed by atoms with Crippen molar-refractivity contribution >= 4 is 38.5 Å². The first-order valence-electron chi connectivity index (χ1n) is 6.78. The van der Waals surface area contributed by atoms with Crippen molar-refractivity contribution < 1.29 is 0 Å². The van der Waals surface area contributed by atoms with Crippen molar-refractivity contribution in [2.24, 2.45) is 0 Å². The SMILES string of the molecule is CCNC(c1ccc(C)cc1C)c1cc(I)ccc1Br. The van der Waals surface area contributed by atoms with E-state index in [1.165, 1.54) is 25.8 Å². The van der Waals surface area contributed by atoms with E-state index in [0.29, 0.717) is 0 Å². The van der Waals surface area contributed by atoms with E-state index >= 15 is 0 Å². The highest BCUT2D eigenvalue weighted by Gasteiger charge is 2.18. The molecule has 2 aromatic carbocycles. The second-order valence-corrected chi connectivity index (χ2v) is 7.12. The molecule has 20 heavy (non-hydrogen) atoms. The van der Waals surface area contributed by atoms with Gasteiger partial charge < -0.3 is 5.32 Å². The predicted octanol–water partition coefficient (Wildman–Crippen LogP) is 5.37. The topological polar surface area (TPSA) is 12.0 Å². The van der Waals surface area contributed by atoms with Gasteiger partial charge in [0.05, 0.1) is 6.04 Å². The van der Waals surface area contributed by atoms with Crippen LogP contribution in [0, 0.1) is 17.4 Å². The van der Waals surface area contributed by atoms with Crippen LogP contribution in [0.4, 0.5) is 0 Å². The minimum Gasteiger partial charge on any atom is -0.306 e. The summed E-state index contributed by atoms with van der Waals surface area (Å²) in [5.74, 6) is 0. The van der Waals surface area contributed by atoms with Crippen LogP contribution in [0.15, 0.2) is 40.9 Å². The molecular formula is C17H19BrIN. The van der Waals surface area contributed by atoms with E-state index in [4.69, 9.17) is 0 Å². The second kappa shape index (κ2) is 7.05. The molecule has 2 rings (SSSR count). The summed E-state index contributed by atoms with van der Waals surface area (Å²) in [5, 5.41) is 3.61. The van der Waals surface area contributed by atoms with Crippen LogP contribution in [0.25, 0.3) is 0 Å². The Morgan fingerprint density at radius 3 is 2.50 bits per heavy atom. The first-order valence-corrected chi connectivity index (χ1v) is 8.65. The van der Waals surface area contributed by atoms with Gasteiger partial charge in [0.25, 0.3) is 0 Å². The van der Waals surface area contributed by atoms with Gasteiger partial charge in [-0.25, -0.2) is 0 Å². The molecule has 2 aromatic rings. The number of benzene rings is 2. The number of nitrogens with one attached hydrogen (secondary N) is 1. The Morgan fingerprint density at radius 2 is 1.85 bits per heavy atom. The van der Waals surface area contributed by atoms with Crippen molar-refractivity contribution in [1.29, 1.82) is 0 Å². The fourth-order valence-electron chi connectivity index (χ4n) is 2.48. The van der Waals surface area contributed by atoms with Crippen LogP contribution in [-0.4, -0.2) is 6.54 Å². The first-order chi connectivity index (χ1) is 9.52. The summed E-state index contributed by atoms with van der Waals surface area (Å²) < 4.78 is 2.41. The van der Waals surface area contributed by atoms with Gasteiger partial charge >= 0.3 is 0 Å². The Kier molecular flexibility index (Phi) is 5.64. The number of hydrogen-bond donors (Lipinski definition) is 1. The van der Waals surface area contributed by atoms with Crippen molar-refractivity contribution in [2.45, 2.75) is 26.8 Å². The molecule has 0 fully saturated rings. The number of aryl methyl sites for hydroxylation is 2. The molecule has 0 aliphatic heterocycles. The zero-order valence-electron chi connectivity index (χ0n) is 12.0. The molecule has 1 unspecified atom stereocenters. The van der Waals surface area contributed by atoms with Crippen LogP contribution in [0.2, 0.25) is 0 Å². The minimum absolute atomic E-state index is 0.227. The van der Waals surface area contributed by atoms with Gasteiger partial charge in [-0.2, -0.15) is 0 Å². The summed E-state index contributed by atoms with van der Waals surface area (Å²) >= 11 is 6.06. The predicted molar refractivity (Wildman–Crippen MR) is 98.3 cm³/mol. The molecule has 0 bridgehead atoms. The zero-order valence-corrected chi connectivity index (χ0v) is 15.7. The maximum atomic E-state index is 3.69. The minimum atomic E-state index is 0.227. The molecule has 1 N–H and O–H groups in total. The lowest BCUT2D eigenvalue weighted by Gasteiger charge is -2.22. The molecule has 0 aromatic heterocycles. The molecular weight excluding hydrogens is 425 g/mol. The Morgan fingerprint density at radius 1 is 1.10 bits per heavy atom. The standard InChI is InChI=1S/C17H19BrIN/c1-4-20-17(14-7-5-11(2)9-12(14)3)15-10-13(19)6-8-16(15)18/h5-10,17,20H,4H2,1-3H3. The van der Waals surface area contributed by atoms with Crippen LogP contribution in [-0.2, 0) is 0 Å². The van der Waals surface area contributed by atoms with Crippen molar-refractivity contribution in [1.82, 2.24) is 5.32 Å². The summed E-state index contributed by atoms with van der Waals surface area (Å²) in [5.41, 5.74) is 5.29. The largest absolute Gasteiger partial charge is 0.306 e. The molecule has 0 spiro atoms. The smallest absolute Gasteiger partial charge is 0.0590 e. The molecule has 0 saturated carbocycles. The van der Waals surface area contributed by atoms with Crippen LogP contribution in [0.1, 0.15) is 35.2 Å². The zero-order chi connectivity index (χ0) is 14.7. The van der Waals surface area contributed by atoms with Gasteiger partial charge in [0.2, 0.25) is 0 Å². The van der Waals surface area contributed by atoms with E-state index < -0.39 is 0 Å². The molecule has 0 radical (unpaired) electrons. The monoisotopic (exact) mass is 443 g/mol. The summed E-state index contributed by atoms with van der Waals surface area (Å²) in [6.07, 6.45) is 0. The Labute approximate surface area is 143 Å². The molecule has 3 heteroatoms. The van der Waals surface area contributed by atoms with Crippen LogP contribution < -0.4 is 5.32 Å². The molecule has 1 nitrogen and oxygen atoms in total. The molecule has 0 saturated heterocycles. The Bertz CT molecular complexity index is 610. The highest BCUT2D eigenvalue weighted by molar-refractivity contribution is 14.1. The van der Waals surface area contributed by atoms with Crippen molar-refractivity contribution in [3.63, 3.8) is 0 Å². The van der Waals surface area contributed by atoms with E-state index in [1.807, 2.05) is 0 Å². The highest BCUT2D eigenvalue weighted by atomic mass is 127. The normalized spacial score (nSPS) is 12.4. The van der Waals surface area contributed by atoms with Gasteiger partial charge in [-0.3, -0.25) is 0 Å². The van der Waals surface area contributed by atoms with E-state index in [9.17, 15) is 0 Å². The maximum Gasteiger partial charge on any atom is 0.0590 e. The van der Waals surface area contributed by atoms with Crippen molar-refractivity contribution in [3.8, 4) is 0 Å². The third-order valence-corrected chi connectivity index (χ3v) is 4.81. The van der Waals surface area contributed by atoms with Gasteiger partial charge in [0.1, 0.15) is 0 Å². The third-order valence-electron chi connectivity index (χ3n) is 3.41. The van der Waals surface area contributed by atoms with Gasteiger partial charge in [0, 0.05) is 8.04 Å². The lowest BCUT2D eigenvalue weighted by molar-refractivity contribution is 0.625. The highest BCUT2D eigenvalue weighted by Crippen LogP contribution is 2.31. The van der Waals surface area contributed by atoms with Gasteiger partial charge in [-0.15, -0.1) is 0 Å². The fourth-order valence-corrected chi connectivity index (χ4v) is 3.47. The number of rotatable bonds is 4. The van der Waals surface area contributed by atoms with E-state index in [-0.39, 0.29) is 6.04 Å². The Hall–Kier alpha value is -0.390. The lowest BCUT2D eigenvalue weighted by atomic mass is 9.94. The average molecular weight is 444 g/mol. The molecule has 0 amide bonds. The summed E-state index contributed by atoms with van der Waals surface area (Å²) in [7, 11) is 0. The molecule has 0 heterocycles. The second-order valence-electron chi connectivity index (χ2n) is 5.02. The van der Waals surface area contributed by atoms with Gasteiger partial charge in [-0.05, 0) is 77.9 Å². The van der Waals surface area contributed by atoms with E-state index in [0.717, 1.165) is 11.0 Å². The molecule has 0 aliphatic carbocycles. The van der Waals surface area contributed by atoms with E-state index in [1.54, 1.807) is 0 Å². The van der Waals surface area contributed by atoms with Crippen LogP contribution in [0.3, 0.4) is 0 Å². The average Bonchev–Trinajstić information content (AvgIpc) is 2.40. The van der Waals surface area contributed by atoms with Crippen LogP contribution in [0.5, 0.6) is 0 Å². The van der Waals surface area contributed by atoms with Crippen molar-refractivity contribution in [3.05, 3.63) is 66.7 Å². The van der Waals surface area contributed by atoms with Crippen molar-refractivity contribution in [2.75, 3.05) is 6.54 Å². The number of hydrogen-bond acceptors (Lipinski definition) is 1. The fraction of sp³-hybridized carbons (Fsp3) is 0.294. The number of halogens is 2. The first kappa shape index (κ1) is 16.0. The van der Waals surface area contributed by atoms with Gasteiger partial charge in [-0.1, -0.05) is 46.6 Å². The van der Waals surface area contributed by atoms with Crippen LogP contribution >= 0.6 is 38.5 Å². The molecule has 1 atom stereocenters. The summed E-state index contributed by atoms with van der Waals surface area (Å²) in [6, 6.07) is 13.4. The Balaban J connectivity index is 2.53. The summed E-state index contributed by atoms with van der Waals surface area (Å²) in [4.78, 5) is 0. The molecule has 0 aliphatic rings. The van der Waals surface area contributed by atoms with E-state index in [2.05, 4.69) is 101 Å². The lowest BCUT2D eigenvalue weighted by Crippen LogP contribution is -2.23. The summed E-state index contributed by atoms with van der Waals surface area (Å²) in [6.45, 7) is 7.42. The molecule has 106 valence electrons. The quantitative estimate of drug-likeness (QED) is 0.626. The third kappa shape index (κ3) is 3.62.